The van der Waals surface area contributed by atoms with E-state index in [1.807, 2.05) is 0 Å². The summed E-state index contributed by atoms with van der Waals surface area (Å²) < 4.78 is 14.9. The molecule has 1 aliphatic carbocycles. The molecule has 1 atom stereocenters. The van der Waals surface area contributed by atoms with E-state index in [-0.39, 0.29) is 6.42 Å². The number of allylic oxidation sites excluding steroid dienone is 3. The third-order valence-electron chi connectivity index (χ3n) is 1.63. The first kappa shape index (κ1) is 6.43. The summed E-state index contributed by atoms with van der Waals surface area (Å²) in [7, 11) is 0. The molecule has 3 N–H and O–H groups in total. The maximum Gasteiger partial charge on any atom is 0.320 e. The fraction of sp³-hybridized carbons (Fsp3) is 0.444. The van der Waals surface area contributed by atoms with Gasteiger partial charge in [-0.05, 0) is 19.2 Å². The summed E-state index contributed by atoms with van der Waals surface area (Å²) in [5.41, 5.74) is 5.99. The summed E-state index contributed by atoms with van der Waals surface area (Å²) in [5, 5.41) is 8.57. The highest BCUT2D eigenvalue weighted by Gasteiger charge is 2.12. The van der Waals surface area contributed by atoms with E-state index in [4.69, 9.17) is 13.6 Å². The predicted octanol–water partition coefficient (Wildman–Crippen LogP) is 1.06. The summed E-state index contributed by atoms with van der Waals surface area (Å²) in [4.78, 5) is 10.5. The van der Waals surface area contributed by atoms with Crippen LogP contribution in [-0.2, 0) is 4.79 Å². The molecule has 0 bridgehead atoms. The van der Waals surface area contributed by atoms with Crippen LogP contribution in [0.1, 0.15) is 22.0 Å². The maximum atomic E-state index is 10.5. The van der Waals surface area contributed by atoms with Gasteiger partial charge in [-0.3, -0.25) is 4.79 Å². The SMILES string of the molecule is [2H]C1([2H])C=C(C[C@H](N)C(=O)O)C=CC1. The van der Waals surface area contributed by atoms with Gasteiger partial charge >= 0.3 is 5.97 Å². The number of nitrogens with two attached hydrogens (primary N) is 1. The zero-order valence-electron chi connectivity index (χ0n) is 8.66. The van der Waals surface area contributed by atoms with Gasteiger partial charge < -0.3 is 10.8 Å². The van der Waals surface area contributed by atoms with Gasteiger partial charge in [0.25, 0.3) is 0 Å². The van der Waals surface area contributed by atoms with Crippen molar-refractivity contribution < 1.29 is 12.6 Å². The average molecular weight is 169 g/mol. The lowest BCUT2D eigenvalue weighted by atomic mass is 10.0. The molecular weight excluding hydrogens is 154 g/mol. The van der Waals surface area contributed by atoms with Crippen molar-refractivity contribution in [2.75, 3.05) is 0 Å². The Morgan fingerprint density at radius 1 is 1.92 bits per heavy atom. The van der Waals surface area contributed by atoms with Crippen LogP contribution in [0.2, 0.25) is 0 Å². The molecule has 3 nitrogen and oxygen atoms in total. The second-order valence-corrected chi connectivity index (χ2v) is 2.68. The Morgan fingerprint density at radius 3 is 3.25 bits per heavy atom. The van der Waals surface area contributed by atoms with Gasteiger partial charge in [-0.2, -0.15) is 0 Å². The normalized spacial score (nSPS) is 25.2. The number of rotatable bonds is 3. The molecule has 0 radical (unpaired) electrons. The number of hydrogen-bond donors (Lipinski definition) is 2. The van der Waals surface area contributed by atoms with Gasteiger partial charge in [0, 0.05) is 2.74 Å². The molecule has 0 aromatic rings. The minimum Gasteiger partial charge on any atom is -0.480 e. The van der Waals surface area contributed by atoms with Crippen molar-refractivity contribution in [1.29, 1.82) is 0 Å². The molecule has 0 aromatic heterocycles. The zero-order valence-corrected chi connectivity index (χ0v) is 6.66. The maximum absolute atomic E-state index is 10.5. The summed E-state index contributed by atoms with van der Waals surface area (Å²) >= 11 is 0. The van der Waals surface area contributed by atoms with Crippen LogP contribution in [-0.4, -0.2) is 17.1 Å². The van der Waals surface area contributed by atoms with Crippen LogP contribution >= 0.6 is 0 Å². The van der Waals surface area contributed by atoms with Crippen LogP contribution in [0.25, 0.3) is 0 Å². The highest BCUT2D eigenvalue weighted by Crippen LogP contribution is 2.13. The minimum atomic E-state index is -1.37. The number of aliphatic carboxylic acids is 1. The fourth-order valence-electron chi connectivity index (χ4n) is 0.985. The zero-order chi connectivity index (χ0) is 10.8. The van der Waals surface area contributed by atoms with E-state index in [0.29, 0.717) is 12.0 Å². The number of carbonyl (C=O) groups is 1. The van der Waals surface area contributed by atoms with E-state index < -0.39 is 18.4 Å². The second kappa shape index (κ2) is 4.07. The Kier molecular flexibility index (Phi) is 2.18. The van der Waals surface area contributed by atoms with Crippen LogP contribution < -0.4 is 5.73 Å². The Morgan fingerprint density at radius 2 is 2.67 bits per heavy atom. The molecular formula is C9H13NO2. The molecule has 66 valence electrons. The Bertz CT molecular complexity index is 297. The molecule has 1 rings (SSSR count). The smallest absolute Gasteiger partial charge is 0.320 e. The van der Waals surface area contributed by atoms with Crippen molar-refractivity contribution in [2.24, 2.45) is 5.73 Å². The lowest BCUT2D eigenvalue weighted by molar-refractivity contribution is -0.138. The number of hydrogen-bond acceptors (Lipinski definition) is 2. The van der Waals surface area contributed by atoms with E-state index in [9.17, 15) is 4.79 Å². The molecule has 0 fully saturated rings. The molecule has 0 spiro atoms. The lowest BCUT2D eigenvalue weighted by Gasteiger charge is -2.09. The summed E-state index contributed by atoms with van der Waals surface area (Å²) in [6, 6.07) is -0.959. The first-order valence-corrected chi connectivity index (χ1v) is 3.77. The van der Waals surface area contributed by atoms with E-state index >= 15 is 0 Å². The standard InChI is InChI=1S/C9H13NO2/c10-8(9(11)12)6-7-4-2-1-3-5-7/h2,4-5,8H,1,3,6,10H2,(H,11,12)/t8-/m0/s1/i3D2. The van der Waals surface area contributed by atoms with Gasteiger partial charge in [-0.15, -0.1) is 0 Å². The molecule has 0 aliphatic heterocycles. The van der Waals surface area contributed by atoms with Crippen molar-refractivity contribution in [3.8, 4) is 0 Å². The van der Waals surface area contributed by atoms with Crippen molar-refractivity contribution >= 4 is 5.97 Å². The highest BCUT2D eigenvalue weighted by atomic mass is 16.4. The largest absolute Gasteiger partial charge is 0.480 e. The third kappa shape index (κ3) is 2.51. The second-order valence-electron chi connectivity index (χ2n) is 2.68. The molecule has 0 saturated carbocycles. The highest BCUT2D eigenvalue weighted by molar-refractivity contribution is 5.73. The molecule has 1 aliphatic rings. The molecule has 0 saturated heterocycles. The summed E-state index contributed by atoms with van der Waals surface area (Å²) in [6.07, 6.45) is 4.00. The molecule has 12 heavy (non-hydrogen) atoms. The topological polar surface area (TPSA) is 63.3 Å². The van der Waals surface area contributed by atoms with Crippen LogP contribution in [0.5, 0.6) is 0 Å². The van der Waals surface area contributed by atoms with Gasteiger partial charge in [-0.25, -0.2) is 0 Å². The monoisotopic (exact) mass is 169 g/mol. The van der Waals surface area contributed by atoms with E-state index in [2.05, 4.69) is 0 Å². The van der Waals surface area contributed by atoms with Crippen molar-refractivity contribution in [3.63, 3.8) is 0 Å². The Hall–Kier alpha value is -1.09. The summed E-state index contributed by atoms with van der Waals surface area (Å²) in [6.45, 7) is 0. The first-order valence-electron chi connectivity index (χ1n) is 4.77. The molecule has 0 heterocycles. The first-order chi connectivity index (χ1) is 6.41. The average Bonchev–Trinajstić information content (AvgIpc) is 2.01. The third-order valence-corrected chi connectivity index (χ3v) is 1.63. The molecule has 3 heteroatoms. The van der Waals surface area contributed by atoms with Gasteiger partial charge in [0.15, 0.2) is 0 Å². The minimum absolute atomic E-state index is 0.172. The van der Waals surface area contributed by atoms with Crippen LogP contribution in [0, 0.1) is 0 Å². The van der Waals surface area contributed by atoms with Crippen molar-refractivity contribution in [2.45, 2.75) is 25.3 Å². The van der Waals surface area contributed by atoms with Crippen LogP contribution in [0.4, 0.5) is 0 Å². The van der Waals surface area contributed by atoms with Gasteiger partial charge in [-0.1, -0.05) is 23.8 Å². The van der Waals surface area contributed by atoms with E-state index in [1.165, 1.54) is 6.08 Å². The van der Waals surface area contributed by atoms with Crippen molar-refractivity contribution in [3.05, 3.63) is 23.8 Å². The molecule has 0 unspecified atom stereocenters. The fourth-order valence-corrected chi connectivity index (χ4v) is 0.985. The summed E-state index contributed by atoms with van der Waals surface area (Å²) in [5.74, 6) is -1.06. The van der Waals surface area contributed by atoms with Gasteiger partial charge in [0.05, 0.1) is 0 Å². The predicted molar refractivity (Wildman–Crippen MR) is 46.7 cm³/mol. The van der Waals surface area contributed by atoms with Gasteiger partial charge in [0.2, 0.25) is 0 Å². The van der Waals surface area contributed by atoms with E-state index in [1.54, 1.807) is 12.2 Å². The van der Waals surface area contributed by atoms with Crippen LogP contribution in [0.3, 0.4) is 0 Å². The Labute approximate surface area is 74.4 Å². The van der Waals surface area contributed by atoms with Crippen molar-refractivity contribution in [1.82, 2.24) is 0 Å². The molecule has 0 aromatic carbocycles. The van der Waals surface area contributed by atoms with E-state index in [0.717, 1.165) is 0 Å². The number of carboxylic acids is 1. The van der Waals surface area contributed by atoms with Gasteiger partial charge in [0.1, 0.15) is 6.04 Å². The lowest BCUT2D eigenvalue weighted by Crippen LogP contribution is -2.30. The number of carboxylic acid groups (broad SMARTS) is 1. The van der Waals surface area contributed by atoms with Crippen LogP contribution in [0.15, 0.2) is 23.8 Å². The Balaban J connectivity index is 2.65. The molecule has 0 amide bonds. The quantitative estimate of drug-likeness (QED) is 0.664.